The summed E-state index contributed by atoms with van der Waals surface area (Å²) in [5.41, 5.74) is 6.46. The zero-order valence-corrected chi connectivity index (χ0v) is 18.3. The van der Waals surface area contributed by atoms with Crippen molar-refractivity contribution in [1.29, 1.82) is 0 Å². The standard InChI is InChI=1S/C26H33N3O/c1-27-24-10-4-9-21-22-17-28(14-5-7-19-6-3-8-20(16-19)30-2)15-11-23(22)29(25(21)24)18-26(27)12-13-26/h3-4,6,8-10,16,22-23H,5,7,11-15,17-18H2,1-2H3. The van der Waals surface area contributed by atoms with E-state index >= 15 is 0 Å². The largest absolute Gasteiger partial charge is 0.497 e. The summed E-state index contributed by atoms with van der Waals surface area (Å²) in [4.78, 5) is 8.14. The van der Waals surface area contributed by atoms with Crippen LogP contribution >= 0.6 is 0 Å². The number of methoxy groups -OCH3 is 1. The van der Waals surface area contributed by atoms with Crippen LogP contribution in [0.5, 0.6) is 5.75 Å². The summed E-state index contributed by atoms with van der Waals surface area (Å²) >= 11 is 0. The number of ether oxygens (including phenoxy) is 1. The Bertz CT molecular complexity index is 953. The minimum absolute atomic E-state index is 0.425. The molecule has 4 nitrogen and oxygen atoms in total. The van der Waals surface area contributed by atoms with Crippen molar-refractivity contribution in [3.05, 3.63) is 53.6 Å². The molecule has 4 heteroatoms. The Hall–Kier alpha value is -2.20. The van der Waals surface area contributed by atoms with Gasteiger partial charge in [-0.25, -0.2) is 0 Å². The van der Waals surface area contributed by atoms with E-state index in [1.807, 2.05) is 6.07 Å². The minimum Gasteiger partial charge on any atom is -0.497 e. The van der Waals surface area contributed by atoms with Gasteiger partial charge >= 0.3 is 0 Å². The Labute approximate surface area is 180 Å². The summed E-state index contributed by atoms with van der Waals surface area (Å²) in [5, 5.41) is 0. The molecule has 2 unspecified atom stereocenters. The normalized spacial score (nSPS) is 25.9. The number of aryl methyl sites for hydroxylation is 1. The van der Waals surface area contributed by atoms with Gasteiger partial charge in [0.25, 0.3) is 0 Å². The molecule has 158 valence electrons. The second-order valence-corrected chi connectivity index (χ2v) is 9.84. The first-order chi connectivity index (χ1) is 14.7. The van der Waals surface area contributed by atoms with Crippen LogP contribution in [0.15, 0.2) is 42.5 Å². The predicted octanol–water partition coefficient (Wildman–Crippen LogP) is 4.29. The van der Waals surface area contributed by atoms with Crippen molar-refractivity contribution in [2.24, 2.45) is 0 Å². The van der Waals surface area contributed by atoms with Crippen LogP contribution in [0.1, 0.15) is 42.7 Å². The number of nitrogens with zero attached hydrogens (tertiary/aromatic N) is 3. The van der Waals surface area contributed by atoms with Gasteiger partial charge in [0.15, 0.2) is 0 Å². The molecule has 2 aromatic carbocycles. The molecule has 1 saturated carbocycles. The number of likely N-dealkylation sites (tertiary alicyclic amines) is 1. The molecule has 2 atom stereocenters. The van der Waals surface area contributed by atoms with Gasteiger partial charge in [-0.2, -0.15) is 0 Å². The van der Waals surface area contributed by atoms with E-state index in [1.165, 1.54) is 63.1 Å². The van der Waals surface area contributed by atoms with Gasteiger partial charge < -0.3 is 19.4 Å². The maximum atomic E-state index is 5.38. The molecular formula is C26H33N3O. The van der Waals surface area contributed by atoms with Gasteiger partial charge in [-0.1, -0.05) is 24.3 Å². The number of anilines is 2. The lowest BCUT2D eigenvalue weighted by Gasteiger charge is -2.46. The second kappa shape index (κ2) is 6.91. The third-order valence-corrected chi connectivity index (χ3v) is 8.23. The van der Waals surface area contributed by atoms with Gasteiger partial charge in [0, 0.05) is 38.6 Å². The molecule has 0 amide bonds. The fourth-order valence-corrected chi connectivity index (χ4v) is 6.33. The van der Waals surface area contributed by atoms with Gasteiger partial charge in [0.2, 0.25) is 0 Å². The number of hydrogen-bond donors (Lipinski definition) is 0. The van der Waals surface area contributed by atoms with Crippen molar-refractivity contribution < 1.29 is 4.74 Å². The van der Waals surface area contributed by atoms with Crippen molar-refractivity contribution in [2.45, 2.75) is 49.6 Å². The van der Waals surface area contributed by atoms with E-state index in [1.54, 1.807) is 18.4 Å². The molecule has 1 saturated heterocycles. The zero-order chi connectivity index (χ0) is 20.3. The average Bonchev–Trinajstić information content (AvgIpc) is 3.49. The highest BCUT2D eigenvalue weighted by molar-refractivity contribution is 5.82. The summed E-state index contributed by atoms with van der Waals surface area (Å²) in [7, 11) is 4.07. The molecule has 1 aliphatic carbocycles. The SMILES string of the molecule is COc1cccc(CCCN2CCC3C(C2)c2cccc4c2N3CC2(CC2)N4C)c1. The van der Waals surface area contributed by atoms with Crippen molar-refractivity contribution in [2.75, 3.05) is 50.1 Å². The van der Waals surface area contributed by atoms with E-state index in [4.69, 9.17) is 4.74 Å². The molecular weight excluding hydrogens is 370 g/mol. The summed E-state index contributed by atoms with van der Waals surface area (Å²) in [6.45, 7) is 4.89. The number of likely N-dealkylation sites (N-methyl/N-ethyl adjacent to an activating group) is 1. The van der Waals surface area contributed by atoms with Gasteiger partial charge in [-0.3, -0.25) is 0 Å². The monoisotopic (exact) mass is 403 g/mol. The molecule has 3 heterocycles. The Balaban J connectivity index is 1.15. The first kappa shape index (κ1) is 18.6. The summed E-state index contributed by atoms with van der Waals surface area (Å²) in [5.74, 6) is 1.64. The maximum Gasteiger partial charge on any atom is 0.119 e. The molecule has 3 aliphatic heterocycles. The van der Waals surface area contributed by atoms with Crippen LogP contribution < -0.4 is 14.5 Å². The first-order valence-corrected chi connectivity index (χ1v) is 11.7. The number of piperidine rings is 1. The van der Waals surface area contributed by atoms with Crippen LogP contribution in [0.2, 0.25) is 0 Å². The van der Waals surface area contributed by atoms with Crippen molar-refractivity contribution >= 4 is 11.4 Å². The lowest BCUT2D eigenvalue weighted by atomic mass is 9.89. The fourth-order valence-electron chi connectivity index (χ4n) is 6.33. The average molecular weight is 404 g/mol. The summed E-state index contributed by atoms with van der Waals surface area (Å²) in [6, 6.07) is 16.3. The Morgan fingerprint density at radius 2 is 2.00 bits per heavy atom. The molecule has 2 fully saturated rings. The topological polar surface area (TPSA) is 19.0 Å². The number of para-hydroxylation sites is 1. The quantitative estimate of drug-likeness (QED) is 0.741. The van der Waals surface area contributed by atoms with Gasteiger partial charge in [-0.05, 0) is 68.0 Å². The number of fused-ring (bicyclic) bond motifs is 3. The van der Waals surface area contributed by atoms with E-state index in [0.717, 1.165) is 12.2 Å². The summed E-state index contributed by atoms with van der Waals surface area (Å²) in [6.07, 6.45) is 6.36. The highest BCUT2D eigenvalue weighted by Crippen LogP contribution is 2.57. The Morgan fingerprint density at radius 1 is 1.13 bits per heavy atom. The maximum absolute atomic E-state index is 5.38. The molecule has 4 aliphatic rings. The highest BCUT2D eigenvalue weighted by atomic mass is 16.5. The van der Waals surface area contributed by atoms with E-state index < -0.39 is 0 Å². The van der Waals surface area contributed by atoms with Crippen molar-refractivity contribution in [3.8, 4) is 5.75 Å². The second-order valence-electron chi connectivity index (χ2n) is 9.84. The lowest BCUT2D eigenvalue weighted by Crippen LogP contribution is -2.54. The third-order valence-electron chi connectivity index (χ3n) is 8.23. The molecule has 2 aromatic rings. The van der Waals surface area contributed by atoms with E-state index in [0.29, 0.717) is 17.5 Å². The number of benzene rings is 2. The Kier molecular flexibility index (Phi) is 4.28. The van der Waals surface area contributed by atoms with Crippen LogP contribution in [0.3, 0.4) is 0 Å². The Morgan fingerprint density at radius 3 is 2.83 bits per heavy atom. The smallest absolute Gasteiger partial charge is 0.119 e. The molecule has 0 bridgehead atoms. The van der Waals surface area contributed by atoms with Crippen LogP contribution in [-0.2, 0) is 6.42 Å². The highest BCUT2D eigenvalue weighted by Gasteiger charge is 2.56. The van der Waals surface area contributed by atoms with Crippen LogP contribution in [0.4, 0.5) is 11.4 Å². The lowest BCUT2D eigenvalue weighted by molar-refractivity contribution is 0.190. The molecule has 30 heavy (non-hydrogen) atoms. The van der Waals surface area contributed by atoms with Crippen LogP contribution in [0.25, 0.3) is 0 Å². The van der Waals surface area contributed by atoms with Gasteiger partial charge in [0.1, 0.15) is 5.75 Å². The van der Waals surface area contributed by atoms with Crippen LogP contribution in [0, 0.1) is 0 Å². The van der Waals surface area contributed by atoms with Crippen molar-refractivity contribution in [1.82, 2.24) is 4.90 Å². The van der Waals surface area contributed by atoms with E-state index in [2.05, 4.69) is 58.1 Å². The zero-order valence-electron chi connectivity index (χ0n) is 18.3. The molecule has 0 aromatic heterocycles. The number of rotatable bonds is 5. The molecule has 0 N–H and O–H groups in total. The van der Waals surface area contributed by atoms with E-state index in [-0.39, 0.29) is 0 Å². The number of hydrogen-bond acceptors (Lipinski definition) is 4. The molecule has 0 radical (unpaired) electrons. The van der Waals surface area contributed by atoms with Gasteiger partial charge in [0.05, 0.1) is 24.0 Å². The third kappa shape index (κ3) is 2.84. The van der Waals surface area contributed by atoms with E-state index in [9.17, 15) is 0 Å². The van der Waals surface area contributed by atoms with Gasteiger partial charge in [-0.15, -0.1) is 0 Å². The molecule has 6 rings (SSSR count). The predicted molar refractivity (Wildman–Crippen MR) is 123 cm³/mol. The fraction of sp³-hybridized carbons (Fsp3) is 0.538. The van der Waals surface area contributed by atoms with Crippen molar-refractivity contribution in [3.63, 3.8) is 0 Å². The summed E-state index contributed by atoms with van der Waals surface area (Å²) < 4.78 is 5.38. The molecule has 1 spiro atoms. The first-order valence-electron chi connectivity index (χ1n) is 11.7. The minimum atomic E-state index is 0.425. The van der Waals surface area contributed by atoms with Crippen LogP contribution in [-0.4, -0.2) is 56.8 Å².